The van der Waals surface area contributed by atoms with Gasteiger partial charge in [0.15, 0.2) is 0 Å². The van der Waals surface area contributed by atoms with Crippen molar-refractivity contribution in [2.45, 2.75) is 18.4 Å². The molecule has 0 atom stereocenters. The van der Waals surface area contributed by atoms with E-state index in [0.717, 1.165) is 12.0 Å². The maximum absolute atomic E-state index is 8.86. The molecule has 3 nitrogen and oxygen atoms in total. The maximum Gasteiger partial charge on any atom is 0.143 e. The molecule has 0 bridgehead atoms. The van der Waals surface area contributed by atoms with Crippen LogP contribution in [0.25, 0.3) is 6.08 Å². The minimum Gasteiger partial charge on any atom is -0.383 e. The smallest absolute Gasteiger partial charge is 0.143 e. The molecule has 0 aliphatic heterocycles. The molecular weight excluding hydrogens is 194 g/mol. The van der Waals surface area contributed by atoms with Crippen LogP contribution >= 0.6 is 12.6 Å². The molecule has 1 heterocycles. The van der Waals surface area contributed by atoms with Gasteiger partial charge in [-0.05, 0) is 18.1 Å². The average molecular weight is 205 g/mol. The van der Waals surface area contributed by atoms with Gasteiger partial charge < -0.3 is 5.73 Å². The molecule has 0 aliphatic rings. The van der Waals surface area contributed by atoms with Crippen LogP contribution in [0.2, 0.25) is 0 Å². The molecule has 0 aromatic carbocycles. The first kappa shape index (κ1) is 10.6. The Balaban J connectivity index is 3.27. The van der Waals surface area contributed by atoms with Crippen LogP contribution in [0.5, 0.6) is 0 Å². The Bertz CT molecular complexity index is 405. The van der Waals surface area contributed by atoms with Crippen LogP contribution in [0.15, 0.2) is 17.2 Å². The average Bonchev–Trinajstić information content (AvgIpc) is 2.14. The summed E-state index contributed by atoms with van der Waals surface area (Å²) in [7, 11) is 0. The van der Waals surface area contributed by atoms with Crippen molar-refractivity contribution in [3.05, 3.63) is 23.3 Å². The highest BCUT2D eigenvalue weighted by Crippen LogP contribution is 2.19. The molecule has 0 unspecified atom stereocenters. The Hall–Kier alpha value is -1.47. The Morgan fingerprint density at radius 1 is 1.71 bits per heavy atom. The molecule has 0 radical (unpaired) electrons. The lowest BCUT2D eigenvalue weighted by Gasteiger charge is -2.02. The normalized spacial score (nSPS) is 10.4. The number of nitriles is 1. The quantitative estimate of drug-likeness (QED) is 0.728. The number of thiol groups is 1. The summed E-state index contributed by atoms with van der Waals surface area (Å²) in [5.74, 6) is 0.232. The lowest BCUT2D eigenvalue weighted by molar-refractivity contribution is 1.14. The molecule has 0 saturated heterocycles. The number of pyridine rings is 1. The molecule has 0 aliphatic carbocycles. The number of allylic oxidation sites excluding steroid dienone is 1. The van der Waals surface area contributed by atoms with Crippen molar-refractivity contribution in [3.63, 3.8) is 0 Å². The van der Waals surface area contributed by atoms with Gasteiger partial charge in [0, 0.05) is 0 Å². The van der Waals surface area contributed by atoms with Gasteiger partial charge in [-0.2, -0.15) is 5.26 Å². The fourth-order valence-corrected chi connectivity index (χ4v) is 1.32. The first-order valence-corrected chi connectivity index (χ1v) is 4.70. The second-order valence-corrected chi connectivity index (χ2v) is 3.21. The lowest BCUT2D eigenvalue weighted by Crippen LogP contribution is -1.97. The zero-order valence-corrected chi connectivity index (χ0v) is 8.75. The summed E-state index contributed by atoms with van der Waals surface area (Å²) in [6, 6.07) is 3.75. The molecular formula is C10H11N3S. The van der Waals surface area contributed by atoms with Crippen molar-refractivity contribution < 1.29 is 0 Å². The molecule has 0 saturated carbocycles. The minimum atomic E-state index is 0.232. The summed E-state index contributed by atoms with van der Waals surface area (Å²) >= 11 is 4.10. The van der Waals surface area contributed by atoms with E-state index in [0.29, 0.717) is 10.6 Å². The fourth-order valence-electron chi connectivity index (χ4n) is 1.07. The predicted octanol–water partition coefficient (Wildman–Crippen LogP) is 2.25. The van der Waals surface area contributed by atoms with E-state index in [1.807, 2.05) is 25.1 Å². The summed E-state index contributed by atoms with van der Waals surface area (Å²) < 4.78 is 0. The van der Waals surface area contributed by atoms with Gasteiger partial charge in [0.1, 0.15) is 17.5 Å². The third-order valence-corrected chi connectivity index (χ3v) is 1.94. The van der Waals surface area contributed by atoms with Crippen LogP contribution in [-0.4, -0.2) is 4.98 Å². The third kappa shape index (κ3) is 2.27. The summed E-state index contributed by atoms with van der Waals surface area (Å²) in [4.78, 5) is 3.90. The van der Waals surface area contributed by atoms with E-state index in [1.165, 1.54) is 0 Å². The van der Waals surface area contributed by atoms with E-state index in [2.05, 4.69) is 17.6 Å². The second kappa shape index (κ2) is 4.68. The maximum atomic E-state index is 8.86. The minimum absolute atomic E-state index is 0.232. The summed E-state index contributed by atoms with van der Waals surface area (Å²) in [5, 5.41) is 9.39. The van der Waals surface area contributed by atoms with E-state index >= 15 is 0 Å². The van der Waals surface area contributed by atoms with E-state index < -0.39 is 0 Å². The van der Waals surface area contributed by atoms with Gasteiger partial charge in [-0.3, -0.25) is 0 Å². The SMILES string of the molecule is CC/C=C/c1cc(S)nc(N)c1C#N. The highest BCUT2D eigenvalue weighted by Gasteiger charge is 2.05. The molecule has 72 valence electrons. The second-order valence-electron chi connectivity index (χ2n) is 2.75. The summed E-state index contributed by atoms with van der Waals surface area (Å²) in [6.07, 6.45) is 4.73. The first-order chi connectivity index (χ1) is 6.69. The molecule has 1 aromatic heterocycles. The number of hydrogen-bond donors (Lipinski definition) is 2. The van der Waals surface area contributed by atoms with Gasteiger partial charge in [0.05, 0.1) is 5.03 Å². The van der Waals surface area contributed by atoms with E-state index in [4.69, 9.17) is 11.0 Å². The molecule has 2 N–H and O–H groups in total. The van der Waals surface area contributed by atoms with Crippen molar-refractivity contribution in [1.82, 2.24) is 4.98 Å². The molecule has 0 fully saturated rings. The number of nitrogens with zero attached hydrogens (tertiary/aromatic N) is 2. The van der Waals surface area contributed by atoms with Crippen LogP contribution < -0.4 is 5.73 Å². The van der Waals surface area contributed by atoms with Crippen LogP contribution in [0.1, 0.15) is 24.5 Å². The Morgan fingerprint density at radius 3 is 3.00 bits per heavy atom. The first-order valence-electron chi connectivity index (χ1n) is 4.25. The summed E-state index contributed by atoms with van der Waals surface area (Å²) in [5.41, 5.74) is 6.77. The number of anilines is 1. The number of aromatic nitrogens is 1. The summed E-state index contributed by atoms with van der Waals surface area (Å²) in [6.45, 7) is 2.02. The highest BCUT2D eigenvalue weighted by molar-refractivity contribution is 7.80. The molecule has 0 spiro atoms. The van der Waals surface area contributed by atoms with Crippen LogP contribution in [0.3, 0.4) is 0 Å². The van der Waals surface area contributed by atoms with Crippen molar-refractivity contribution >= 4 is 24.5 Å². The number of nitrogen functional groups attached to an aromatic ring is 1. The molecule has 0 amide bonds. The Kier molecular flexibility index (Phi) is 3.55. The predicted molar refractivity (Wildman–Crippen MR) is 59.9 cm³/mol. The highest BCUT2D eigenvalue weighted by atomic mass is 32.1. The largest absolute Gasteiger partial charge is 0.383 e. The van der Waals surface area contributed by atoms with E-state index in [1.54, 1.807) is 6.07 Å². The zero-order valence-electron chi connectivity index (χ0n) is 7.86. The molecule has 1 rings (SSSR count). The topological polar surface area (TPSA) is 62.7 Å². The monoisotopic (exact) mass is 205 g/mol. The van der Waals surface area contributed by atoms with Gasteiger partial charge in [-0.15, -0.1) is 12.6 Å². The van der Waals surface area contributed by atoms with E-state index in [9.17, 15) is 0 Å². The number of nitrogens with two attached hydrogens (primary N) is 1. The van der Waals surface area contributed by atoms with Gasteiger partial charge >= 0.3 is 0 Å². The molecule has 1 aromatic rings. The Labute approximate surface area is 88.7 Å². The lowest BCUT2D eigenvalue weighted by atomic mass is 10.1. The number of rotatable bonds is 2. The number of hydrogen-bond acceptors (Lipinski definition) is 4. The van der Waals surface area contributed by atoms with Gasteiger partial charge in [0.2, 0.25) is 0 Å². The van der Waals surface area contributed by atoms with Crippen molar-refractivity contribution in [2.75, 3.05) is 5.73 Å². The van der Waals surface area contributed by atoms with Gasteiger partial charge in [0.25, 0.3) is 0 Å². The molecule has 14 heavy (non-hydrogen) atoms. The standard InChI is InChI=1S/C10H11N3S/c1-2-3-4-7-5-9(14)13-10(12)8(7)6-11/h3-5H,2H2,1H3,(H3,12,13,14)/b4-3+. The third-order valence-electron chi connectivity index (χ3n) is 1.71. The van der Waals surface area contributed by atoms with E-state index in [-0.39, 0.29) is 5.82 Å². The van der Waals surface area contributed by atoms with Crippen LogP contribution in [-0.2, 0) is 0 Å². The van der Waals surface area contributed by atoms with Crippen molar-refractivity contribution in [3.8, 4) is 6.07 Å². The fraction of sp³-hybridized carbons (Fsp3) is 0.200. The van der Waals surface area contributed by atoms with Gasteiger partial charge in [-0.25, -0.2) is 4.98 Å². The van der Waals surface area contributed by atoms with Crippen molar-refractivity contribution in [2.24, 2.45) is 0 Å². The van der Waals surface area contributed by atoms with Crippen LogP contribution in [0.4, 0.5) is 5.82 Å². The van der Waals surface area contributed by atoms with Gasteiger partial charge in [-0.1, -0.05) is 19.1 Å². The molecule has 4 heteroatoms. The Morgan fingerprint density at radius 2 is 2.43 bits per heavy atom. The zero-order chi connectivity index (χ0) is 10.6. The van der Waals surface area contributed by atoms with Crippen molar-refractivity contribution in [1.29, 1.82) is 5.26 Å². The van der Waals surface area contributed by atoms with Crippen LogP contribution in [0, 0.1) is 11.3 Å².